The molecule has 8 nitrogen and oxygen atoms in total. The first-order valence-electron chi connectivity index (χ1n) is 9.94. The van der Waals surface area contributed by atoms with E-state index in [2.05, 4.69) is 6.58 Å². The summed E-state index contributed by atoms with van der Waals surface area (Å²) in [5.41, 5.74) is 0.215. The number of ether oxygens (including phenoxy) is 4. The SMILES string of the molecule is C=C1C(=O)O[C@@H]2/C=C(/C)[C@@H](OC(C)=O)C/C=C(/C)[C@@H](O)[C@@H](OC(=O)[C@@]3(C)O[C@@H]3C)[C@@H]12. The van der Waals surface area contributed by atoms with Gasteiger partial charge in [-0.1, -0.05) is 12.7 Å². The summed E-state index contributed by atoms with van der Waals surface area (Å²) in [4.78, 5) is 36.5. The third-order valence-electron chi connectivity index (χ3n) is 6.08. The van der Waals surface area contributed by atoms with Crippen LogP contribution < -0.4 is 0 Å². The molecule has 0 aromatic rings. The smallest absolute Gasteiger partial charge is 0.341 e. The first-order valence-corrected chi connectivity index (χ1v) is 9.94. The van der Waals surface area contributed by atoms with Crippen molar-refractivity contribution in [1.29, 1.82) is 0 Å². The van der Waals surface area contributed by atoms with Crippen molar-refractivity contribution in [3.05, 3.63) is 35.5 Å². The van der Waals surface area contributed by atoms with Gasteiger partial charge in [0.15, 0.2) is 5.60 Å². The van der Waals surface area contributed by atoms with E-state index in [1.807, 2.05) is 0 Å². The minimum absolute atomic E-state index is 0.105. The highest BCUT2D eigenvalue weighted by Crippen LogP contribution is 2.41. The molecule has 0 unspecified atom stereocenters. The van der Waals surface area contributed by atoms with Gasteiger partial charge in [-0.2, -0.15) is 0 Å². The maximum Gasteiger partial charge on any atom is 0.341 e. The third kappa shape index (κ3) is 4.06. The second-order valence-corrected chi connectivity index (χ2v) is 8.30. The van der Waals surface area contributed by atoms with E-state index < -0.39 is 53.8 Å². The van der Waals surface area contributed by atoms with E-state index in [0.717, 1.165) is 0 Å². The molecule has 30 heavy (non-hydrogen) atoms. The van der Waals surface area contributed by atoms with Gasteiger partial charge in [-0.05, 0) is 44.9 Å². The van der Waals surface area contributed by atoms with Crippen LogP contribution in [0.2, 0.25) is 0 Å². The van der Waals surface area contributed by atoms with Crippen LogP contribution in [-0.2, 0) is 33.3 Å². The molecule has 0 aromatic heterocycles. The standard InChI is InChI=1S/C22H28O8/c1-10-7-8-15(27-14(5)23)11(2)9-16-17(12(3)20(25)28-16)19(18(10)24)29-21(26)22(6)13(4)30-22/h7,9,13,15-19,24H,3,8H2,1-2,4-6H3/b10-7-,11-9-/t13-,15+,16-,17+,18-,19+,22+/m1/s1. The van der Waals surface area contributed by atoms with Crippen LogP contribution in [0.3, 0.4) is 0 Å². The second-order valence-electron chi connectivity index (χ2n) is 8.30. The number of esters is 3. The first kappa shape index (κ1) is 22.2. The number of rotatable bonds is 3. The van der Waals surface area contributed by atoms with Gasteiger partial charge < -0.3 is 24.1 Å². The van der Waals surface area contributed by atoms with Crippen LogP contribution in [0.5, 0.6) is 0 Å². The van der Waals surface area contributed by atoms with Gasteiger partial charge in [0, 0.05) is 18.9 Å². The van der Waals surface area contributed by atoms with Gasteiger partial charge in [0.25, 0.3) is 0 Å². The second kappa shape index (κ2) is 8.00. The van der Waals surface area contributed by atoms with Crippen LogP contribution in [0.1, 0.15) is 41.0 Å². The molecule has 0 spiro atoms. The summed E-state index contributed by atoms with van der Waals surface area (Å²) >= 11 is 0. The van der Waals surface area contributed by atoms with E-state index >= 15 is 0 Å². The number of hydrogen-bond donors (Lipinski definition) is 1. The Morgan fingerprint density at radius 3 is 2.47 bits per heavy atom. The number of epoxide rings is 1. The molecule has 164 valence electrons. The van der Waals surface area contributed by atoms with Crippen LogP contribution in [0.15, 0.2) is 35.5 Å². The molecule has 3 aliphatic rings. The quantitative estimate of drug-likeness (QED) is 0.242. The lowest BCUT2D eigenvalue weighted by atomic mass is 9.83. The molecular weight excluding hydrogens is 392 g/mol. The number of carbonyl (C=O) groups excluding carboxylic acids is 3. The fourth-order valence-corrected chi connectivity index (χ4v) is 3.82. The van der Waals surface area contributed by atoms with Crippen molar-refractivity contribution in [3.8, 4) is 0 Å². The maximum absolute atomic E-state index is 12.7. The Morgan fingerprint density at radius 1 is 1.27 bits per heavy atom. The number of hydrogen-bond acceptors (Lipinski definition) is 8. The fourth-order valence-electron chi connectivity index (χ4n) is 3.82. The van der Waals surface area contributed by atoms with Gasteiger partial charge in [-0.15, -0.1) is 0 Å². The Hall–Kier alpha value is -2.45. The Kier molecular flexibility index (Phi) is 5.93. The average Bonchev–Trinajstić information content (AvgIpc) is 3.19. The summed E-state index contributed by atoms with van der Waals surface area (Å²) < 4.78 is 21.9. The molecule has 0 saturated carbocycles. The number of aliphatic hydroxyl groups is 1. The topological polar surface area (TPSA) is 112 Å². The minimum Gasteiger partial charge on any atom is -0.458 e. The van der Waals surface area contributed by atoms with E-state index in [1.54, 1.807) is 39.8 Å². The van der Waals surface area contributed by atoms with Crippen molar-refractivity contribution in [2.45, 2.75) is 77.2 Å². The van der Waals surface area contributed by atoms with Gasteiger partial charge in [0.2, 0.25) is 0 Å². The predicted octanol–water partition coefficient (Wildman–Crippen LogP) is 1.76. The van der Waals surface area contributed by atoms with Crippen molar-refractivity contribution < 1.29 is 38.4 Å². The average molecular weight is 420 g/mol. The number of carbonyl (C=O) groups is 3. The molecule has 0 aromatic carbocycles. The molecule has 1 N–H and O–H groups in total. The van der Waals surface area contributed by atoms with Gasteiger partial charge in [-0.25, -0.2) is 9.59 Å². The molecule has 0 bridgehead atoms. The third-order valence-corrected chi connectivity index (χ3v) is 6.08. The Balaban J connectivity index is 2.00. The molecule has 2 fully saturated rings. The molecule has 7 atom stereocenters. The van der Waals surface area contributed by atoms with Crippen LogP contribution in [0.4, 0.5) is 0 Å². The summed E-state index contributed by atoms with van der Waals surface area (Å²) in [6.07, 6.45) is -0.303. The summed E-state index contributed by atoms with van der Waals surface area (Å²) in [6, 6.07) is 0. The first-order chi connectivity index (χ1) is 14.0. The van der Waals surface area contributed by atoms with Crippen molar-refractivity contribution >= 4 is 17.9 Å². The molecule has 2 saturated heterocycles. The van der Waals surface area contributed by atoms with Gasteiger partial charge >= 0.3 is 17.9 Å². The highest BCUT2D eigenvalue weighted by molar-refractivity contribution is 5.91. The zero-order valence-corrected chi connectivity index (χ0v) is 17.8. The lowest BCUT2D eigenvalue weighted by molar-refractivity contribution is -0.164. The Morgan fingerprint density at radius 2 is 1.90 bits per heavy atom. The molecule has 2 aliphatic heterocycles. The lowest BCUT2D eigenvalue weighted by Crippen LogP contribution is -2.45. The van der Waals surface area contributed by atoms with Crippen LogP contribution in [-0.4, -0.2) is 59.1 Å². The summed E-state index contributed by atoms with van der Waals surface area (Å²) in [7, 11) is 0. The van der Waals surface area contributed by atoms with Crippen molar-refractivity contribution in [2.75, 3.05) is 0 Å². The molecule has 3 rings (SSSR count). The van der Waals surface area contributed by atoms with Crippen molar-refractivity contribution in [3.63, 3.8) is 0 Å². The molecule has 1 aliphatic carbocycles. The molecule has 2 heterocycles. The van der Waals surface area contributed by atoms with Crippen LogP contribution in [0.25, 0.3) is 0 Å². The van der Waals surface area contributed by atoms with E-state index in [9.17, 15) is 19.5 Å². The normalized spacial score (nSPS) is 42.1. The van der Waals surface area contributed by atoms with E-state index in [0.29, 0.717) is 17.6 Å². The van der Waals surface area contributed by atoms with Crippen LogP contribution in [0, 0.1) is 5.92 Å². The number of aliphatic hydroxyl groups excluding tert-OH is 1. The van der Waals surface area contributed by atoms with Crippen LogP contribution >= 0.6 is 0 Å². The van der Waals surface area contributed by atoms with E-state index in [4.69, 9.17) is 18.9 Å². The van der Waals surface area contributed by atoms with Crippen molar-refractivity contribution in [2.24, 2.45) is 5.92 Å². The number of fused-ring (bicyclic) bond motifs is 1. The highest BCUT2D eigenvalue weighted by atomic mass is 16.7. The minimum atomic E-state index is -1.21. The summed E-state index contributed by atoms with van der Waals surface area (Å²) in [5, 5.41) is 11.0. The molecule has 0 radical (unpaired) electrons. The molecular formula is C22H28O8. The Labute approximate surface area is 175 Å². The lowest BCUT2D eigenvalue weighted by Gasteiger charge is -2.32. The van der Waals surface area contributed by atoms with Gasteiger partial charge in [0.1, 0.15) is 24.4 Å². The summed E-state index contributed by atoms with van der Waals surface area (Å²) in [5.74, 6) is -2.49. The van der Waals surface area contributed by atoms with Gasteiger partial charge in [0.05, 0.1) is 12.0 Å². The van der Waals surface area contributed by atoms with Crippen molar-refractivity contribution in [1.82, 2.24) is 0 Å². The van der Waals surface area contributed by atoms with E-state index in [-0.39, 0.29) is 11.7 Å². The molecule has 8 heteroatoms. The highest BCUT2D eigenvalue weighted by Gasteiger charge is 2.59. The zero-order valence-electron chi connectivity index (χ0n) is 17.8. The Bertz CT molecular complexity index is 840. The zero-order chi connectivity index (χ0) is 22.4. The fraction of sp³-hybridized carbons (Fsp3) is 0.591. The summed E-state index contributed by atoms with van der Waals surface area (Å²) in [6.45, 7) is 11.9. The maximum atomic E-state index is 12.7. The molecule has 0 amide bonds. The largest absolute Gasteiger partial charge is 0.458 e. The van der Waals surface area contributed by atoms with E-state index in [1.165, 1.54) is 6.92 Å². The monoisotopic (exact) mass is 420 g/mol. The predicted molar refractivity (Wildman–Crippen MR) is 105 cm³/mol. The van der Waals surface area contributed by atoms with Gasteiger partial charge in [-0.3, -0.25) is 4.79 Å².